The van der Waals surface area contributed by atoms with Crippen LogP contribution in [0.5, 0.6) is 5.75 Å². The third-order valence-corrected chi connectivity index (χ3v) is 8.15. The summed E-state index contributed by atoms with van der Waals surface area (Å²) in [5.74, 6) is 0.210. The summed E-state index contributed by atoms with van der Waals surface area (Å²) in [5.41, 5.74) is 2.31. The number of carbonyl (C=O) groups is 2. The summed E-state index contributed by atoms with van der Waals surface area (Å²) in [7, 11) is -1.97. The van der Waals surface area contributed by atoms with E-state index in [0.717, 1.165) is 23.8 Å². The summed E-state index contributed by atoms with van der Waals surface area (Å²) < 4.78 is 31.8. The Hall–Kier alpha value is -3.85. The van der Waals surface area contributed by atoms with Crippen molar-refractivity contribution in [3.63, 3.8) is 0 Å². The molecule has 2 atom stereocenters. The molecule has 9 heteroatoms. The molecule has 3 rings (SSSR count). The van der Waals surface area contributed by atoms with Crippen LogP contribution in [0.3, 0.4) is 0 Å². The second-order valence-corrected chi connectivity index (χ2v) is 12.1. The third-order valence-electron chi connectivity index (χ3n) is 6.96. The molecule has 1 N–H and O–H groups in total. The molecule has 0 heterocycles. The molecule has 0 bridgehead atoms. The van der Waals surface area contributed by atoms with Crippen LogP contribution in [0.2, 0.25) is 0 Å². The number of nitrogens with one attached hydrogen (secondary N) is 1. The van der Waals surface area contributed by atoms with E-state index in [0.29, 0.717) is 24.3 Å². The molecule has 3 aromatic rings. The lowest BCUT2D eigenvalue weighted by atomic mass is 10.0. The fourth-order valence-corrected chi connectivity index (χ4v) is 5.53. The molecule has 0 aliphatic carbocycles. The number of sulfonamides is 1. The average Bonchev–Trinajstić information content (AvgIpc) is 2.97. The minimum atomic E-state index is -3.55. The highest BCUT2D eigenvalue weighted by atomic mass is 32.2. The molecule has 8 nitrogen and oxygen atoms in total. The van der Waals surface area contributed by atoms with Gasteiger partial charge in [0.2, 0.25) is 21.8 Å². The van der Waals surface area contributed by atoms with Crippen molar-refractivity contribution in [2.24, 2.45) is 0 Å². The monoisotopic (exact) mass is 579 g/mol. The van der Waals surface area contributed by atoms with Crippen molar-refractivity contribution in [1.82, 2.24) is 10.2 Å². The average molecular weight is 580 g/mol. The number of rotatable bonds is 15. The van der Waals surface area contributed by atoms with Crippen LogP contribution < -0.4 is 14.4 Å². The fraction of sp³-hybridized carbons (Fsp3) is 0.375. The number of nitrogens with zero attached hydrogens (tertiary/aromatic N) is 2. The van der Waals surface area contributed by atoms with E-state index < -0.39 is 16.1 Å². The Morgan fingerprint density at radius 1 is 0.927 bits per heavy atom. The first-order valence-corrected chi connectivity index (χ1v) is 15.8. The van der Waals surface area contributed by atoms with Gasteiger partial charge in [-0.2, -0.15) is 0 Å². The van der Waals surface area contributed by atoms with Crippen LogP contribution in [0.25, 0.3) is 0 Å². The van der Waals surface area contributed by atoms with Crippen molar-refractivity contribution < 1.29 is 22.7 Å². The van der Waals surface area contributed by atoms with Crippen LogP contribution in [0.1, 0.15) is 44.2 Å². The number of methoxy groups -OCH3 is 1. The van der Waals surface area contributed by atoms with E-state index in [9.17, 15) is 18.0 Å². The third kappa shape index (κ3) is 9.63. The van der Waals surface area contributed by atoms with Gasteiger partial charge in [0.25, 0.3) is 0 Å². The van der Waals surface area contributed by atoms with E-state index in [1.165, 1.54) is 4.31 Å². The number of hydrogen-bond donors (Lipinski definition) is 1. The smallest absolute Gasteiger partial charge is 0.243 e. The van der Waals surface area contributed by atoms with Gasteiger partial charge in [0.1, 0.15) is 11.8 Å². The maximum absolute atomic E-state index is 13.9. The van der Waals surface area contributed by atoms with Crippen LogP contribution in [-0.2, 0) is 32.6 Å². The van der Waals surface area contributed by atoms with Crippen molar-refractivity contribution >= 4 is 27.5 Å². The molecule has 2 unspecified atom stereocenters. The van der Waals surface area contributed by atoms with Crippen molar-refractivity contribution in [2.45, 2.75) is 58.2 Å². The van der Waals surface area contributed by atoms with E-state index in [1.807, 2.05) is 74.5 Å². The van der Waals surface area contributed by atoms with Gasteiger partial charge in [-0.15, -0.1) is 0 Å². The molecular formula is C32H41N3O5S. The summed E-state index contributed by atoms with van der Waals surface area (Å²) in [4.78, 5) is 29.2. The molecule has 0 aliphatic heterocycles. The zero-order valence-corrected chi connectivity index (χ0v) is 25.1. The second-order valence-electron chi connectivity index (χ2n) is 10.2. The summed E-state index contributed by atoms with van der Waals surface area (Å²) in [6.07, 6.45) is 2.63. The predicted molar refractivity (Wildman–Crippen MR) is 163 cm³/mol. The normalized spacial score (nSPS) is 12.7. The van der Waals surface area contributed by atoms with E-state index in [1.54, 1.807) is 36.3 Å². The van der Waals surface area contributed by atoms with E-state index in [4.69, 9.17) is 4.74 Å². The van der Waals surface area contributed by atoms with Gasteiger partial charge in [-0.25, -0.2) is 8.42 Å². The second kappa shape index (κ2) is 15.2. The minimum absolute atomic E-state index is 0.0521. The number of carbonyl (C=O) groups excluding carboxylic acids is 2. The van der Waals surface area contributed by atoms with Crippen LogP contribution in [0, 0.1) is 0 Å². The largest absolute Gasteiger partial charge is 0.497 e. The molecule has 0 fully saturated rings. The van der Waals surface area contributed by atoms with Gasteiger partial charge in [-0.05, 0) is 55.2 Å². The first-order valence-electron chi connectivity index (χ1n) is 13.9. The molecule has 3 aromatic carbocycles. The molecule has 0 aliphatic rings. The summed E-state index contributed by atoms with van der Waals surface area (Å²) in [6.45, 7) is 4.28. The Morgan fingerprint density at radius 3 is 2.17 bits per heavy atom. The Bertz CT molecular complexity index is 1370. The summed E-state index contributed by atoms with van der Waals surface area (Å²) >= 11 is 0. The molecule has 0 saturated heterocycles. The van der Waals surface area contributed by atoms with Gasteiger partial charge in [0.05, 0.1) is 19.1 Å². The maximum Gasteiger partial charge on any atom is 0.243 e. The first-order chi connectivity index (χ1) is 19.6. The number of hydrogen-bond acceptors (Lipinski definition) is 5. The number of anilines is 1. The van der Waals surface area contributed by atoms with Gasteiger partial charge in [0, 0.05) is 32.0 Å². The van der Waals surface area contributed by atoms with Crippen molar-refractivity contribution in [3.05, 3.63) is 96.1 Å². The first kappa shape index (κ1) is 31.7. The molecule has 41 heavy (non-hydrogen) atoms. The Balaban J connectivity index is 1.90. The van der Waals surface area contributed by atoms with Crippen molar-refractivity contribution in [3.8, 4) is 5.75 Å². The van der Waals surface area contributed by atoms with E-state index >= 15 is 0 Å². The summed E-state index contributed by atoms with van der Waals surface area (Å²) in [6, 6.07) is 25.1. The molecule has 0 radical (unpaired) electrons. The summed E-state index contributed by atoms with van der Waals surface area (Å²) in [5, 5.41) is 3.06. The molecule has 0 saturated carbocycles. The molecule has 0 spiro atoms. The molecule has 220 valence electrons. The zero-order chi connectivity index (χ0) is 29.8. The van der Waals surface area contributed by atoms with Crippen molar-refractivity contribution in [2.75, 3.05) is 24.2 Å². The number of ether oxygens (including phenoxy) is 1. The quantitative estimate of drug-likeness (QED) is 0.279. The van der Waals surface area contributed by atoms with Crippen molar-refractivity contribution in [1.29, 1.82) is 0 Å². The van der Waals surface area contributed by atoms with Gasteiger partial charge >= 0.3 is 0 Å². The topological polar surface area (TPSA) is 96.0 Å². The molecular weight excluding hydrogens is 538 g/mol. The highest BCUT2D eigenvalue weighted by Gasteiger charge is 2.31. The molecule has 2 amide bonds. The van der Waals surface area contributed by atoms with Crippen LogP contribution >= 0.6 is 0 Å². The lowest BCUT2D eigenvalue weighted by Crippen LogP contribution is -2.52. The van der Waals surface area contributed by atoms with Gasteiger partial charge in [0.15, 0.2) is 0 Å². The highest BCUT2D eigenvalue weighted by molar-refractivity contribution is 7.92. The molecule has 0 aromatic heterocycles. The van der Waals surface area contributed by atoms with Crippen LogP contribution in [0.15, 0.2) is 84.9 Å². The van der Waals surface area contributed by atoms with Gasteiger partial charge < -0.3 is 15.0 Å². The Kier molecular flexibility index (Phi) is 11.8. The lowest BCUT2D eigenvalue weighted by Gasteiger charge is -2.33. The zero-order valence-electron chi connectivity index (χ0n) is 24.3. The van der Waals surface area contributed by atoms with Gasteiger partial charge in [-0.1, -0.05) is 67.6 Å². The number of amides is 2. The van der Waals surface area contributed by atoms with E-state index in [2.05, 4.69) is 5.32 Å². The predicted octanol–water partition coefficient (Wildman–Crippen LogP) is 4.80. The van der Waals surface area contributed by atoms with Gasteiger partial charge in [-0.3, -0.25) is 13.9 Å². The number of para-hydroxylation sites is 1. The SMILES string of the molecule is CCC(C)NC(=O)C(Cc1ccccc1)N(Cc1cccc(OC)c1)C(=O)CCCN(c1ccccc1)S(C)(=O)=O. The number of benzene rings is 3. The maximum atomic E-state index is 13.9. The highest BCUT2D eigenvalue weighted by Crippen LogP contribution is 2.21. The van der Waals surface area contributed by atoms with Crippen LogP contribution in [0.4, 0.5) is 5.69 Å². The van der Waals surface area contributed by atoms with E-state index in [-0.39, 0.29) is 37.4 Å². The lowest BCUT2D eigenvalue weighted by molar-refractivity contribution is -0.141. The standard InChI is InChI=1S/C32H41N3O5S/c1-5-25(2)33-32(37)30(23-26-14-8-6-9-15-26)34(24-27-16-12-19-29(22-27)40-3)31(36)20-13-21-35(41(4,38)39)28-17-10-7-11-18-28/h6-12,14-19,22,25,30H,5,13,20-21,23-24H2,1-4H3,(H,33,37). The fourth-order valence-electron chi connectivity index (χ4n) is 4.56. The minimum Gasteiger partial charge on any atom is -0.497 e. The van der Waals surface area contributed by atoms with Crippen LogP contribution in [-0.4, -0.2) is 57.1 Å². The Morgan fingerprint density at radius 2 is 1.56 bits per heavy atom. The Labute approximate surface area is 244 Å².